The second-order valence-corrected chi connectivity index (χ2v) is 16.1. The van der Waals surface area contributed by atoms with E-state index in [1.807, 2.05) is 24.3 Å². The molecule has 0 radical (unpaired) electrons. The fourth-order valence-corrected chi connectivity index (χ4v) is 7.58. The number of carbonyl (C=O) groups is 3. The number of rotatable bonds is 28. The number of anilines is 3. The molecule has 0 saturated carbocycles. The molecule has 4 aromatic rings. The molecule has 61 heavy (non-hydrogen) atoms. The highest BCUT2D eigenvalue weighted by Crippen LogP contribution is 2.32. The highest BCUT2D eigenvalue weighted by atomic mass is 16.6. The Kier molecular flexibility index (Phi) is 19.9. The molecule has 7 N–H and O–H groups in total. The Morgan fingerprint density at radius 2 is 1.20 bits per heavy atom. The van der Waals surface area contributed by atoms with Crippen LogP contribution in [0.3, 0.4) is 0 Å². The van der Waals surface area contributed by atoms with E-state index in [0.717, 1.165) is 24.0 Å². The van der Waals surface area contributed by atoms with Gasteiger partial charge in [-0.3, -0.25) is 19.0 Å². The van der Waals surface area contributed by atoms with Crippen LogP contribution in [-0.4, -0.2) is 90.6 Å². The zero-order valence-corrected chi connectivity index (χ0v) is 35.7. The van der Waals surface area contributed by atoms with E-state index in [0.29, 0.717) is 47.9 Å². The molecule has 1 saturated heterocycles. The molecule has 1 fully saturated rings. The van der Waals surface area contributed by atoms with E-state index in [-0.39, 0.29) is 30.6 Å². The topological polar surface area (TPSA) is 213 Å². The maximum absolute atomic E-state index is 12.8. The number of imidazole rings is 1. The maximum Gasteiger partial charge on any atom is 0.228 e. The number of unbranched alkanes of at least 4 members (excludes halogenated alkanes) is 14. The largest absolute Gasteiger partial charge is 0.394 e. The quantitative estimate of drug-likeness (QED) is 0.0311. The predicted molar refractivity (Wildman–Crippen MR) is 236 cm³/mol. The number of amides is 3. The molecule has 0 spiro atoms. The van der Waals surface area contributed by atoms with Crippen molar-refractivity contribution >= 4 is 46.1 Å². The lowest BCUT2D eigenvalue weighted by atomic mass is 10.0. The van der Waals surface area contributed by atoms with Crippen LogP contribution in [0.5, 0.6) is 0 Å². The summed E-state index contributed by atoms with van der Waals surface area (Å²) >= 11 is 0. The summed E-state index contributed by atoms with van der Waals surface area (Å²) in [6, 6.07) is 14.4. The summed E-state index contributed by atoms with van der Waals surface area (Å²) < 4.78 is 7.12. The summed E-state index contributed by atoms with van der Waals surface area (Å²) in [5, 5.41) is 41.9. The maximum atomic E-state index is 12.8. The van der Waals surface area contributed by atoms with E-state index >= 15 is 0 Å². The number of aliphatic hydroxyl groups excluding tert-OH is 3. The standard InChI is InChI=1S/C46H66N8O7/c1-2-3-4-5-6-7-8-9-10-11-12-13-14-15-16-17-38(56)47-26-27-48-39(57)28-33-18-22-35(23-19-33)52-40(58)29-34-20-24-36(25-21-34)53-44-41-45(50-31-49-44)54(32-51-41)46-43(60)42(59)37(30-55)61-46/h18-25,31-32,37,42-43,46,55,59-60H,2-17,26-30H2,1H3,(H,47,56)(H,48,57)(H,52,58)(H,49,50,53)/t37-,42-,43-,46-/m1/s1. The van der Waals surface area contributed by atoms with Crippen molar-refractivity contribution in [3.8, 4) is 0 Å². The first-order chi connectivity index (χ1) is 29.7. The smallest absolute Gasteiger partial charge is 0.228 e. The molecule has 2 aromatic carbocycles. The highest BCUT2D eigenvalue weighted by molar-refractivity contribution is 5.92. The minimum Gasteiger partial charge on any atom is -0.394 e. The fourth-order valence-electron chi connectivity index (χ4n) is 7.58. The van der Waals surface area contributed by atoms with Crippen LogP contribution >= 0.6 is 0 Å². The van der Waals surface area contributed by atoms with Crippen molar-refractivity contribution < 1.29 is 34.4 Å². The van der Waals surface area contributed by atoms with Gasteiger partial charge < -0.3 is 41.3 Å². The predicted octanol–water partition coefficient (Wildman–Crippen LogP) is 6.40. The minimum absolute atomic E-state index is 0.0291. The zero-order valence-electron chi connectivity index (χ0n) is 35.7. The lowest BCUT2D eigenvalue weighted by Gasteiger charge is -2.16. The van der Waals surface area contributed by atoms with Crippen molar-refractivity contribution in [2.45, 2.75) is 147 Å². The zero-order chi connectivity index (χ0) is 43.2. The Balaban J connectivity index is 0.908. The van der Waals surface area contributed by atoms with Crippen LogP contribution in [0.15, 0.2) is 61.2 Å². The van der Waals surface area contributed by atoms with Gasteiger partial charge in [0.15, 0.2) is 23.2 Å². The molecule has 0 unspecified atom stereocenters. The number of carbonyl (C=O) groups excluding carboxylic acids is 3. The van der Waals surface area contributed by atoms with Gasteiger partial charge in [-0.1, -0.05) is 121 Å². The molecule has 5 rings (SSSR count). The van der Waals surface area contributed by atoms with Crippen LogP contribution in [0.2, 0.25) is 0 Å². The van der Waals surface area contributed by atoms with Gasteiger partial charge in [0.1, 0.15) is 24.6 Å². The van der Waals surface area contributed by atoms with Gasteiger partial charge in [-0.25, -0.2) is 15.0 Å². The van der Waals surface area contributed by atoms with Crippen LogP contribution in [0.4, 0.5) is 17.2 Å². The van der Waals surface area contributed by atoms with Gasteiger partial charge in [0.05, 0.1) is 25.8 Å². The van der Waals surface area contributed by atoms with E-state index < -0.39 is 31.1 Å². The van der Waals surface area contributed by atoms with E-state index in [1.165, 1.54) is 101 Å². The molecular formula is C46H66N8O7. The molecule has 4 atom stereocenters. The van der Waals surface area contributed by atoms with E-state index in [1.54, 1.807) is 24.3 Å². The summed E-state index contributed by atoms with van der Waals surface area (Å²) in [7, 11) is 0. The van der Waals surface area contributed by atoms with Crippen molar-refractivity contribution in [2.24, 2.45) is 0 Å². The van der Waals surface area contributed by atoms with Gasteiger partial charge >= 0.3 is 0 Å². The number of aliphatic hydroxyl groups is 3. The Labute approximate surface area is 359 Å². The SMILES string of the molecule is CCCCCCCCCCCCCCCCCC(=O)NCCNC(=O)Cc1ccc(NC(=O)Cc2ccc(Nc3ncnc4c3ncn4[C@@H]3O[C@H](CO)[C@@H](O)[C@H]3O)cc2)cc1. The lowest BCUT2D eigenvalue weighted by Crippen LogP contribution is -2.35. The Bertz CT molecular complexity index is 1920. The molecule has 15 nitrogen and oxygen atoms in total. The van der Waals surface area contributed by atoms with E-state index in [9.17, 15) is 29.7 Å². The van der Waals surface area contributed by atoms with Crippen LogP contribution in [0, 0.1) is 0 Å². The molecule has 2 aromatic heterocycles. The molecule has 3 amide bonds. The first-order valence-electron chi connectivity index (χ1n) is 22.3. The molecular weight excluding hydrogens is 777 g/mol. The van der Waals surface area contributed by atoms with Crippen molar-refractivity contribution in [1.29, 1.82) is 0 Å². The Morgan fingerprint density at radius 1 is 0.656 bits per heavy atom. The first-order valence-corrected chi connectivity index (χ1v) is 22.3. The molecule has 0 bridgehead atoms. The Morgan fingerprint density at radius 3 is 1.77 bits per heavy atom. The minimum atomic E-state index is -1.28. The first kappa shape index (κ1) is 47.1. The van der Waals surface area contributed by atoms with Gasteiger partial charge in [0, 0.05) is 30.9 Å². The molecule has 1 aliphatic rings. The number of hydrogen-bond acceptors (Lipinski definition) is 11. The third-order valence-corrected chi connectivity index (χ3v) is 11.1. The average Bonchev–Trinajstić information content (AvgIpc) is 3.82. The molecule has 1 aliphatic heterocycles. The van der Waals surface area contributed by atoms with E-state index in [4.69, 9.17) is 4.74 Å². The third kappa shape index (κ3) is 15.5. The fraction of sp³-hybridized carbons (Fsp3) is 0.565. The number of aromatic nitrogens is 4. The van der Waals surface area contributed by atoms with Crippen LogP contribution in [0.1, 0.15) is 127 Å². The van der Waals surface area contributed by atoms with Gasteiger partial charge in [-0.2, -0.15) is 0 Å². The van der Waals surface area contributed by atoms with Gasteiger partial charge in [0.2, 0.25) is 17.7 Å². The molecule has 332 valence electrons. The van der Waals surface area contributed by atoms with Crippen LogP contribution < -0.4 is 21.3 Å². The second kappa shape index (κ2) is 25.7. The Hall–Kier alpha value is -4.96. The normalized spacial score (nSPS) is 17.4. The number of ether oxygens (including phenoxy) is 1. The third-order valence-electron chi connectivity index (χ3n) is 11.1. The second-order valence-electron chi connectivity index (χ2n) is 16.1. The molecule has 15 heteroatoms. The molecule has 3 heterocycles. The number of benzene rings is 2. The summed E-state index contributed by atoms with van der Waals surface area (Å²) in [5.41, 5.74) is 3.70. The summed E-state index contributed by atoms with van der Waals surface area (Å²) in [6.07, 6.45) is 18.6. The van der Waals surface area contributed by atoms with Crippen LogP contribution in [0.25, 0.3) is 11.2 Å². The van der Waals surface area contributed by atoms with Gasteiger partial charge in [0.25, 0.3) is 0 Å². The number of fused-ring (bicyclic) bond motifs is 1. The summed E-state index contributed by atoms with van der Waals surface area (Å²) in [4.78, 5) is 50.5. The molecule has 0 aliphatic carbocycles. The monoisotopic (exact) mass is 843 g/mol. The average molecular weight is 843 g/mol. The highest BCUT2D eigenvalue weighted by Gasteiger charge is 2.44. The van der Waals surface area contributed by atoms with Crippen molar-refractivity contribution in [3.05, 3.63) is 72.3 Å². The van der Waals surface area contributed by atoms with Gasteiger partial charge in [-0.05, 0) is 41.8 Å². The summed E-state index contributed by atoms with van der Waals surface area (Å²) in [6.45, 7) is 2.58. The van der Waals surface area contributed by atoms with Crippen LogP contribution in [-0.2, 0) is 32.0 Å². The van der Waals surface area contributed by atoms with E-state index in [2.05, 4.69) is 43.1 Å². The van der Waals surface area contributed by atoms with Crippen molar-refractivity contribution in [1.82, 2.24) is 30.2 Å². The number of nitrogens with one attached hydrogen (secondary N) is 4. The van der Waals surface area contributed by atoms with Gasteiger partial charge in [-0.15, -0.1) is 0 Å². The summed E-state index contributed by atoms with van der Waals surface area (Å²) in [5.74, 6) is 0.106. The number of hydrogen-bond donors (Lipinski definition) is 7. The number of nitrogens with zero attached hydrogens (tertiary/aromatic N) is 4. The van der Waals surface area contributed by atoms with Crippen molar-refractivity contribution in [3.63, 3.8) is 0 Å². The van der Waals surface area contributed by atoms with Crippen molar-refractivity contribution in [2.75, 3.05) is 30.3 Å². The lowest BCUT2D eigenvalue weighted by molar-refractivity contribution is -0.122.